The molecule has 25 heavy (non-hydrogen) atoms. The number of aryl methyl sites for hydroxylation is 1. The number of hydrogen-bond donors (Lipinski definition) is 1. The molecular formula is C18H22ClN3O3. The van der Waals surface area contributed by atoms with Crippen LogP contribution in [0.25, 0.3) is 0 Å². The molecule has 134 valence electrons. The summed E-state index contributed by atoms with van der Waals surface area (Å²) in [5.74, 6) is 1.38. The summed E-state index contributed by atoms with van der Waals surface area (Å²) in [7, 11) is 2.00. The molecule has 1 aromatic heterocycles. The number of ether oxygens (including phenoxy) is 3. The lowest BCUT2D eigenvalue weighted by Crippen LogP contribution is -2.36. The Labute approximate surface area is 152 Å². The van der Waals surface area contributed by atoms with Gasteiger partial charge in [0.05, 0.1) is 23.2 Å². The minimum absolute atomic E-state index is 0.0857. The molecule has 2 atom stereocenters. The highest BCUT2D eigenvalue weighted by atomic mass is 35.5. The number of hydrogen-bond acceptors (Lipinski definition) is 5. The molecule has 6 nitrogen and oxygen atoms in total. The first-order valence-corrected chi connectivity index (χ1v) is 8.97. The third kappa shape index (κ3) is 3.61. The molecule has 4 rings (SSSR count). The number of benzene rings is 1. The maximum atomic E-state index is 6.31. The van der Waals surface area contributed by atoms with Gasteiger partial charge in [0.2, 0.25) is 0 Å². The minimum Gasteiger partial charge on any atom is -0.486 e. The Morgan fingerprint density at radius 3 is 3.00 bits per heavy atom. The van der Waals surface area contributed by atoms with Crippen LogP contribution in [0.2, 0.25) is 5.02 Å². The van der Waals surface area contributed by atoms with E-state index in [1.165, 1.54) is 0 Å². The van der Waals surface area contributed by atoms with Crippen molar-refractivity contribution < 1.29 is 14.2 Å². The first-order chi connectivity index (χ1) is 12.2. The van der Waals surface area contributed by atoms with Crippen LogP contribution in [0.5, 0.6) is 11.5 Å². The number of nitrogens with one attached hydrogen (secondary N) is 1. The normalized spacial score (nSPS) is 22.8. The lowest BCUT2D eigenvalue weighted by atomic mass is 10.0. The third-order valence-corrected chi connectivity index (χ3v) is 5.00. The van der Waals surface area contributed by atoms with Crippen molar-refractivity contribution in [2.45, 2.75) is 31.5 Å². The predicted octanol–water partition coefficient (Wildman–Crippen LogP) is 2.85. The highest BCUT2D eigenvalue weighted by Crippen LogP contribution is 2.38. The zero-order chi connectivity index (χ0) is 17.2. The van der Waals surface area contributed by atoms with Crippen LogP contribution in [-0.2, 0) is 18.3 Å². The van der Waals surface area contributed by atoms with Gasteiger partial charge in [0.25, 0.3) is 0 Å². The van der Waals surface area contributed by atoms with Crippen LogP contribution in [-0.4, -0.2) is 35.4 Å². The zero-order valence-corrected chi connectivity index (χ0v) is 15.0. The van der Waals surface area contributed by atoms with Crippen molar-refractivity contribution in [3.63, 3.8) is 0 Å². The number of nitrogens with zero attached hydrogens (tertiary/aromatic N) is 2. The summed E-state index contributed by atoms with van der Waals surface area (Å²) in [4.78, 5) is 4.19. The largest absolute Gasteiger partial charge is 0.486 e. The monoisotopic (exact) mass is 363 g/mol. The molecule has 0 bridgehead atoms. The van der Waals surface area contributed by atoms with Gasteiger partial charge in [-0.15, -0.1) is 0 Å². The number of halogens is 1. The highest BCUT2D eigenvalue weighted by Gasteiger charge is 2.25. The Morgan fingerprint density at radius 2 is 2.16 bits per heavy atom. The van der Waals surface area contributed by atoms with Crippen LogP contribution in [0.4, 0.5) is 0 Å². The van der Waals surface area contributed by atoms with E-state index in [4.69, 9.17) is 25.8 Å². The highest BCUT2D eigenvalue weighted by molar-refractivity contribution is 6.32. The van der Waals surface area contributed by atoms with Crippen molar-refractivity contribution in [1.82, 2.24) is 14.9 Å². The molecule has 2 aliphatic heterocycles. The number of fused-ring (bicyclic) bond motifs is 1. The van der Waals surface area contributed by atoms with Gasteiger partial charge < -0.3 is 24.1 Å². The van der Waals surface area contributed by atoms with Gasteiger partial charge in [-0.05, 0) is 30.5 Å². The molecule has 3 heterocycles. The first kappa shape index (κ1) is 16.7. The summed E-state index contributed by atoms with van der Waals surface area (Å²) >= 11 is 6.31. The lowest BCUT2D eigenvalue weighted by molar-refractivity contribution is -0.00404. The third-order valence-electron chi connectivity index (χ3n) is 4.72. The summed E-state index contributed by atoms with van der Waals surface area (Å²) in [5.41, 5.74) is 2.21. The molecular weight excluding hydrogens is 342 g/mol. The summed E-state index contributed by atoms with van der Waals surface area (Å²) in [6, 6.07) is 4.34. The molecule has 1 aromatic carbocycles. The van der Waals surface area contributed by atoms with E-state index < -0.39 is 0 Å². The zero-order valence-electron chi connectivity index (χ0n) is 14.2. The smallest absolute Gasteiger partial charge is 0.179 e. The van der Waals surface area contributed by atoms with Gasteiger partial charge in [0, 0.05) is 26.2 Å². The van der Waals surface area contributed by atoms with Crippen molar-refractivity contribution in [3.05, 3.63) is 40.9 Å². The summed E-state index contributed by atoms with van der Waals surface area (Å²) in [6.45, 7) is 2.59. The molecule has 0 amide bonds. The predicted molar refractivity (Wildman–Crippen MR) is 94.2 cm³/mol. The van der Waals surface area contributed by atoms with Gasteiger partial charge in [-0.3, -0.25) is 0 Å². The molecule has 2 aliphatic rings. The van der Waals surface area contributed by atoms with E-state index in [2.05, 4.69) is 10.3 Å². The van der Waals surface area contributed by atoms with Gasteiger partial charge >= 0.3 is 0 Å². The Kier molecular flexibility index (Phi) is 4.83. The van der Waals surface area contributed by atoms with E-state index in [1.54, 1.807) is 0 Å². The van der Waals surface area contributed by atoms with Crippen LogP contribution in [0.1, 0.15) is 30.2 Å². The molecule has 0 unspecified atom stereocenters. The molecule has 0 spiro atoms. The Hall–Kier alpha value is -1.76. The maximum absolute atomic E-state index is 6.31. The second-order valence-electron chi connectivity index (χ2n) is 6.49. The van der Waals surface area contributed by atoms with Gasteiger partial charge in [-0.2, -0.15) is 0 Å². The van der Waals surface area contributed by atoms with Crippen LogP contribution in [0.15, 0.2) is 24.7 Å². The quantitative estimate of drug-likeness (QED) is 0.905. The SMILES string of the molecule is Cn1cncc1[C@@H]1C[C@@H](NCc2cc(Cl)c3c(c2)OCCO3)CCO1. The van der Waals surface area contributed by atoms with E-state index in [0.717, 1.165) is 43.0 Å². The molecule has 2 aromatic rings. The number of aromatic nitrogens is 2. The van der Waals surface area contributed by atoms with Gasteiger partial charge in [0.1, 0.15) is 19.3 Å². The average Bonchev–Trinajstić information content (AvgIpc) is 3.06. The first-order valence-electron chi connectivity index (χ1n) is 8.60. The Balaban J connectivity index is 1.40. The van der Waals surface area contributed by atoms with Crippen molar-refractivity contribution >= 4 is 11.6 Å². The van der Waals surface area contributed by atoms with Crippen LogP contribution < -0.4 is 14.8 Å². The Morgan fingerprint density at radius 1 is 1.28 bits per heavy atom. The fraction of sp³-hybridized carbons (Fsp3) is 0.500. The topological polar surface area (TPSA) is 57.5 Å². The van der Waals surface area contributed by atoms with Gasteiger partial charge in [-0.25, -0.2) is 4.98 Å². The van der Waals surface area contributed by atoms with Crippen LogP contribution in [0, 0.1) is 0 Å². The molecule has 1 fully saturated rings. The molecule has 0 saturated carbocycles. The van der Waals surface area contributed by atoms with Crippen molar-refractivity contribution in [3.8, 4) is 11.5 Å². The van der Waals surface area contributed by atoms with Crippen molar-refractivity contribution in [2.75, 3.05) is 19.8 Å². The lowest BCUT2D eigenvalue weighted by Gasteiger charge is -2.30. The second kappa shape index (κ2) is 7.23. The summed E-state index contributed by atoms with van der Waals surface area (Å²) < 4.78 is 19.2. The van der Waals surface area contributed by atoms with Crippen molar-refractivity contribution in [1.29, 1.82) is 0 Å². The average molecular weight is 364 g/mol. The maximum Gasteiger partial charge on any atom is 0.179 e. The molecule has 1 saturated heterocycles. The molecule has 0 aliphatic carbocycles. The molecule has 0 radical (unpaired) electrons. The van der Waals surface area contributed by atoms with Crippen LogP contribution in [0.3, 0.4) is 0 Å². The second-order valence-corrected chi connectivity index (χ2v) is 6.90. The van der Waals surface area contributed by atoms with E-state index in [1.807, 2.05) is 36.3 Å². The minimum atomic E-state index is 0.0857. The molecule has 1 N–H and O–H groups in total. The number of imidazole rings is 1. The fourth-order valence-corrected chi connectivity index (χ4v) is 3.68. The Bertz CT molecular complexity index is 749. The summed E-state index contributed by atoms with van der Waals surface area (Å²) in [5, 5.41) is 4.22. The van der Waals surface area contributed by atoms with E-state index >= 15 is 0 Å². The standard InChI is InChI=1S/C18H22ClN3O3/c1-22-11-20-10-15(22)16-8-13(2-3-23-16)21-9-12-6-14(19)18-17(7-12)24-4-5-25-18/h6-7,10-11,13,16,21H,2-5,8-9H2,1H3/t13-,16-/m0/s1. The fourth-order valence-electron chi connectivity index (χ4n) is 3.39. The molecule has 7 heteroatoms. The van der Waals surface area contributed by atoms with E-state index in [9.17, 15) is 0 Å². The van der Waals surface area contributed by atoms with Crippen molar-refractivity contribution in [2.24, 2.45) is 7.05 Å². The van der Waals surface area contributed by atoms with E-state index in [-0.39, 0.29) is 6.10 Å². The van der Waals surface area contributed by atoms with Crippen LogP contribution >= 0.6 is 11.6 Å². The van der Waals surface area contributed by atoms with Gasteiger partial charge in [-0.1, -0.05) is 11.6 Å². The van der Waals surface area contributed by atoms with E-state index in [0.29, 0.717) is 30.0 Å². The number of rotatable bonds is 4. The van der Waals surface area contributed by atoms with Gasteiger partial charge in [0.15, 0.2) is 11.5 Å². The summed E-state index contributed by atoms with van der Waals surface area (Å²) in [6.07, 6.45) is 5.70.